The molecule has 0 atom stereocenters. The molecule has 0 saturated heterocycles. The number of rotatable bonds is 2. The lowest BCUT2D eigenvalue weighted by molar-refractivity contribution is 0.685. The third-order valence-corrected chi connectivity index (χ3v) is 3.36. The Kier molecular flexibility index (Phi) is 2.13. The van der Waals surface area contributed by atoms with Crippen LogP contribution in [0.25, 0.3) is 11.3 Å². The Hall–Kier alpha value is -1.61. The number of H-pyrrole nitrogens is 1. The van der Waals surface area contributed by atoms with Gasteiger partial charge in [0.15, 0.2) is 0 Å². The number of hydrogen-bond acceptors (Lipinski definition) is 2. The molecule has 0 spiro atoms. The predicted molar refractivity (Wildman–Crippen MR) is 68.6 cm³/mol. The lowest BCUT2D eigenvalue weighted by Crippen LogP contribution is -2.20. The van der Waals surface area contributed by atoms with E-state index in [1.54, 1.807) is 0 Å². The molecule has 0 unspecified atom stereocenters. The van der Waals surface area contributed by atoms with Crippen molar-refractivity contribution in [3.63, 3.8) is 0 Å². The van der Waals surface area contributed by atoms with Gasteiger partial charge in [-0.25, -0.2) is 4.98 Å². The van der Waals surface area contributed by atoms with Gasteiger partial charge in [-0.2, -0.15) is 0 Å². The first kappa shape index (κ1) is 10.5. The summed E-state index contributed by atoms with van der Waals surface area (Å²) in [5.41, 5.74) is 10.6. The van der Waals surface area contributed by atoms with Crippen LogP contribution in [0.2, 0.25) is 0 Å². The quantitative estimate of drug-likeness (QED) is 0.828. The highest BCUT2D eigenvalue weighted by Crippen LogP contribution is 2.41. The van der Waals surface area contributed by atoms with Gasteiger partial charge in [0.25, 0.3) is 0 Å². The summed E-state index contributed by atoms with van der Waals surface area (Å²) in [7, 11) is 0. The Labute approximate surface area is 101 Å². The van der Waals surface area contributed by atoms with Crippen LogP contribution in [-0.4, -0.2) is 9.97 Å². The van der Waals surface area contributed by atoms with Crippen molar-refractivity contribution in [2.45, 2.75) is 32.2 Å². The molecule has 1 fully saturated rings. The Morgan fingerprint density at radius 2 is 1.82 bits per heavy atom. The Morgan fingerprint density at radius 3 is 2.41 bits per heavy atom. The summed E-state index contributed by atoms with van der Waals surface area (Å²) < 4.78 is 0. The van der Waals surface area contributed by atoms with Crippen LogP contribution in [-0.2, 0) is 5.54 Å². The van der Waals surface area contributed by atoms with Crippen LogP contribution >= 0.6 is 0 Å². The van der Waals surface area contributed by atoms with Gasteiger partial charge in [0.1, 0.15) is 5.82 Å². The first-order valence-electron chi connectivity index (χ1n) is 6.00. The summed E-state index contributed by atoms with van der Waals surface area (Å²) in [5.74, 6) is 0.923. The molecule has 3 rings (SSSR count). The molecule has 3 N–H and O–H groups in total. The molecule has 1 heterocycles. The van der Waals surface area contributed by atoms with Crippen LogP contribution in [0, 0.1) is 13.8 Å². The van der Waals surface area contributed by atoms with Crippen LogP contribution in [0.4, 0.5) is 0 Å². The SMILES string of the molecule is Cc1cc(C)cc(-c2c[nH]c(C3(N)CC3)n2)c1. The number of hydrogen-bond donors (Lipinski definition) is 2. The molecule has 0 bridgehead atoms. The number of aromatic amines is 1. The second-order valence-corrected chi connectivity index (χ2v) is 5.17. The predicted octanol–water partition coefficient (Wildman–Crippen LogP) is 2.64. The molecule has 2 aromatic rings. The Balaban J connectivity index is 2.00. The van der Waals surface area contributed by atoms with Gasteiger partial charge < -0.3 is 10.7 Å². The van der Waals surface area contributed by atoms with Gasteiger partial charge in [-0.3, -0.25) is 0 Å². The summed E-state index contributed by atoms with van der Waals surface area (Å²) in [5, 5.41) is 0. The molecule has 1 aliphatic carbocycles. The minimum absolute atomic E-state index is 0.183. The smallest absolute Gasteiger partial charge is 0.126 e. The Morgan fingerprint density at radius 1 is 1.18 bits per heavy atom. The molecule has 0 amide bonds. The van der Waals surface area contributed by atoms with Crippen LogP contribution in [0.3, 0.4) is 0 Å². The molecule has 1 aromatic carbocycles. The van der Waals surface area contributed by atoms with Crippen molar-refractivity contribution in [1.29, 1.82) is 0 Å². The molecule has 3 nitrogen and oxygen atoms in total. The van der Waals surface area contributed by atoms with E-state index < -0.39 is 0 Å². The highest BCUT2D eigenvalue weighted by atomic mass is 15.0. The zero-order chi connectivity index (χ0) is 12.0. The summed E-state index contributed by atoms with van der Waals surface area (Å²) in [6.45, 7) is 4.21. The van der Waals surface area contributed by atoms with E-state index in [0.29, 0.717) is 0 Å². The number of nitrogens with one attached hydrogen (secondary N) is 1. The normalized spacial score (nSPS) is 17.1. The molecule has 88 valence electrons. The number of benzene rings is 1. The van der Waals surface area contributed by atoms with Gasteiger partial charge in [-0.05, 0) is 38.8 Å². The Bertz CT molecular complexity index is 544. The molecule has 0 radical (unpaired) electrons. The van der Waals surface area contributed by atoms with E-state index in [9.17, 15) is 0 Å². The standard InChI is InChI=1S/C14H17N3/c1-9-5-10(2)7-11(6-9)12-8-16-13(17-12)14(15)3-4-14/h5-8H,3-4,15H2,1-2H3,(H,16,17). The molecule has 1 aromatic heterocycles. The molecular formula is C14H17N3. The van der Waals surface area contributed by atoms with Crippen LogP contribution in [0.5, 0.6) is 0 Å². The van der Waals surface area contributed by atoms with Gasteiger partial charge in [-0.15, -0.1) is 0 Å². The van der Waals surface area contributed by atoms with Gasteiger partial charge in [-0.1, -0.05) is 17.2 Å². The maximum atomic E-state index is 6.13. The number of aryl methyl sites for hydroxylation is 2. The first-order chi connectivity index (χ1) is 8.07. The molecule has 17 heavy (non-hydrogen) atoms. The first-order valence-corrected chi connectivity index (χ1v) is 6.00. The van der Waals surface area contributed by atoms with E-state index >= 15 is 0 Å². The third kappa shape index (κ3) is 1.87. The van der Waals surface area contributed by atoms with E-state index in [4.69, 9.17) is 5.73 Å². The van der Waals surface area contributed by atoms with Crippen molar-refractivity contribution in [2.24, 2.45) is 5.73 Å². The van der Waals surface area contributed by atoms with E-state index in [2.05, 4.69) is 42.0 Å². The second kappa shape index (κ2) is 3.44. The summed E-state index contributed by atoms with van der Waals surface area (Å²) >= 11 is 0. The zero-order valence-corrected chi connectivity index (χ0v) is 10.2. The van der Waals surface area contributed by atoms with Crippen LogP contribution in [0.15, 0.2) is 24.4 Å². The van der Waals surface area contributed by atoms with Crippen molar-refractivity contribution in [2.75, 3.05) is 0 Å². The van der Waals surface area contributed by atoms with E-state index in [-0.39, 0.29) is 5.54 Å². The molecule has 3 heteroatoms. The van der Waals surface area contributed by atoms with Crippen LogP contribution in [0.1, 0.15) is 29.8 Å². The highest BCUT2D eigenvalue weighted by molar-refractivity contribution is 5.61. The lowest BCUT2D eigenvalue weighted by Gasteiger charge is -2.03. The van der Waals surface area contributed by atoms with Crippen molar-refractivity contribution < 1.29 is 0 Å². The minimum Gasteiger partial charge on any atom is -0.346 e. The van der Waals surface area contributed by atoms with Crippen molar-refractivity contribution in [3.05, 3.63) is 41.3 Å². The molecule has 0 aliphatic heterocycles. The van der Waals surface area contributed by atoms with Crippen molar-refractivity contribution in [3.8, 4) is 11.3 Å². The minimum atomic E-state index is -0.183. The summed E-state index contributed by atoms with van der Waals surface area (Å²) in [6, 6.07) is 6.48. The van der Waals surface area contributed by atoms with Gasteiger partial charge in [0.05, 0.1) is 11.2 Å². The summed E-state index contributed by atoms with van der Waals surface area (Å²) in [6.07, 6.45) is 4.02. The number of nitrogens with two attached hydrogens (primary N) is 1. The zero-order valence-electron chi connectivity index (χ0n) is 10.2. The van der Waals surface area contributed by atoms with Gasteiger partial charge >= 0.3 is 0 Å². The molecule has 1 aliphatic rings. The largest absolute Gasteiger partial charge is 0.346 e. The monoisotopic (exact) mass is 227 g/mol. The van der Waals surface area contributed by atoms with Crippen molar-refractivity contribution in [1.82, 2.24) is 9.97 Å². The fourth-order valence-electron chi connectivity index (χ4n) is 2.22. The highest BCUT2D eigenvalue weighted by Gasteiger charge is 2.42. The third-order valence-electron chi connectivity index (χ3n) is 3.36. The lowest BCUT2D eigenvalue weighted by atomic mass is 10.1. The average molecular weight is 227 g/mol. The fourth-order valence-corrected chi connectivity index (χ4v) is 2.22. The second-order valence-electron chi connectivity index (χ2n) is 5.17. The number of nitrogens with zero attached hydrogens (tertiary/aromatic N) is 1. The van der Waals surface area contributed by atoms with Gasteiger partial charge in [0, 0.05) is 11.8 Å². The average Bonchev–Trinajstić information content (AvgIpc) is 2.82. The molecular weight excluding hydrogens is 210 g/mol. The maximum absolute atomic E-state index is 6.13. The van der Waals surface area contributed by atoms with E-state index in [1.165, 1.54) is 11.1 Å². The molecule has 1 saturated carbocycles. The maximum Gasteiger partial charge on any atom is 0.126 e. The number of imidazole rings is 1. The summed E-state index contributed by atoms with van der Waals surface area (Å²) in [4.78, 5) is 7.83. The number of aromatic nitrogens is 2. The van der Waals surface area contributed by atoms with Crippen molar-refractivity contribution >= 4 is 0 Å². The van der Waals surface area contributed by atoms with E-state index in [1.807, 2.05) is 6.20 Å². The van der Waals surface area contributed by atoms with Crippen LogP contribution < -0.4 is 5.73 Å². The fraction of sp³-hybridized carbons (Fsp3) is 0.357. The topological polar surface area (TPSA) is 54.7 Å². The van der Waals surface area contributed by atoms with Gasteiger partial charge in [0.2, 0.25) is 0 Å². The van der Waals surface area contributed by atoms with E-state index in [0.717, 1.165) is 29.9 Å².